The van der Waals surface area contributed by atoms with E-state index in [1.165, 1.54) is 11.1 Å². The number of hydrogen-bond acceptors (Lipinski definition) is 3. The first-order chi connectivity index (χ1) is 7.16. The molecular formula is C10H13N3O2. The topological polar surface area (TPSA) is 66.6 Å². The predicted molar refractivity (Wildman–Crippen MR) is 51.7 cm³/mol. The van der Waals surface area contributed by atoms with E-state index in [1.807, 2.05) is 0 Å². The molecule has 2 atom stereocenters. The second kappa shape index (κ2) is 2.61. The molecule has 80 valence electrons. The molecule has 0 aromatic carbocycles. The Bertz CT molecular complexity index is 379. The molecule has 2 N–H and O–H groups in total. The number of carbonyl (C=O) groups excluding carboxylic acids is 2. The van der Waals surface area contributed by atoms with Gasteiger partial charge in [0.2, 0.25) is 5.91 Å². The third-order valence-corrected chi connectivity index (χ3v) is 3.88. The minimum atomic E-state index is -0.539. The summed E-state index contributed by atoms with van der Waals surface area (Å²) in [5, 5.41) is 1.26. The molecule has 5 nitrogen and oxygen atoms in total. The van der Waals surface area contributed by atoms with Gasteiger partial charge in [0.1, 0.15) is 5.66 Å². The van der Waals surface area contributed by atoms with Crippen LogP contribution in [0.25, 0.3) is 0 Å². The zero-order chi connectivity index (χ0) is 10.6. The second-order valence-corrected chi connectivity index (χ2v) is 4.46. The first kappa shape index (κ1) is 8.91. The summed E-state index contributed by atoms with van der Waals surface area (Å²) < 4.78 is 0. The van der Waals surface area contributed by atoms with Gasteiger partial charge in [0, 0.05) is 24.6 Å². The van der Waals surface area contributed by atoms with Crippen LogP contribution in [0.5, 0.6) is 0 Å². The van der Waals surface area contributed by atoms with Gasteiger partial charge in [-0.25, -0.2) is 5.84 Å². The first-order valence-corrected chi connectivity index (χ1v) is 5.25. The van der Waals surface area contributed by atoms with E-state index in [2.05, 4.69) is 0 Å². The predicted octanol–water partition coefficient (Wildman–Crippen LogP) is -0.0553. The molecule has 0 radical (unpaired) electrons. The molecule has 1 aliphatic carbocycles. The van der Waals surface area contributed by atoms with Gasteiger partial charge in [0.25, 0.3) is 5.91 Å². The van der Waals surface area contributed by atoms with Crippen molar-refractivity contribution < 1.29 is 9.59 Å². The van der Waals surface area contributed by atoms with Crippen molar-refractivity contribution in [2.45, 2.75) is 31.3 Å². The Balaban J connectivity index is 2.13. The van der Waals surface area contributed by atoms with Crippen LogP contribution in [0.3, 0.4) is 0 Å². The summed E-state index contributed by atoms with van der Waals surface area (Å²) in [4.78, 5) is 25.0. The number of nitrogens with zero attached hydrogens (tertiary/aromatic N) is 2. The van der Waals surface area contributed by atoms with Crippen LogP contribution >= 0.6 is 0 Å². The molecule has 1 saturated heterocycles. The average Bonchev–Trinajstić information content (AvgIpc) is 2.69. The fourth-order valence-corrected chi connectivity index (χ4v) is 3.21. The van der Waals surface area contributed by atoms with E-state index in [-0.39, 0.29) is 17.7 Å². The Hall–Kier alpha value is -1.36. The minimum absolute atomic E-state index is 0.0823. The molecule has 3 rings (SSSR count). The van der Waals surface area contributed by atoms with Crippen molar-refractivity contribution in [3.05, 3.63) is 12.3 Å². The van der Waals surface area contributed by atoms with Crippen LogP contribution in [0.2, 0.25) is 0 Å². The van der Waals surface area contributed by atoms with E-state index in [0.29, 0.717) is 6.42 Å². The number of nitrogens with two attached hydrogens (primary N) is 1. The SMILES string of the molecule is NN1C(=O)C=CN2C(=O)CC3CCCC312. The molecule has 2 aliphatic heterocycles. The maximum absolute atomic E-state index is 11.8. The lowest BCUT2D eigenvalue weighted by molar-refractivity contribution is -0.148. The molecule has 0 aromatic rings. The fourth-order valence-electron chi connectivity index (χ4n) is 3.21. The zero-order valence-corrected chi connectivity index (χ0v) is 8.35. The van der Waals surface area contributed by atoms with E-state index in [4.69, 9.17) is 5.84 Å². The minimum Gasteiger partial charge on any atom is -0.293 e. The molecule has 5 heteroatoms. The maximum atomic E-state index is 11.8. The lowest BCUT2D eigenvalue weighted by atomic mass is 9.95. The van der Waals surface area contributed by atoms with Gasteiger partial charge in [-0.1, -0.05) is 0 Å². The number of hydrazine groups is 1. The first-order valence-electron chi connectivity index (χ1n) is 5.25. The van der Waals surface area contributed by atoms with Crippen molar-refractivity contribution in [1.29, 1.82) is 0 Å². The van der Waals surface area contributed by atoms with Crippen molar-refractivity contribution in [2.24, 2.45) is 11.8 Å². The van der Waals surface area contributed by atoms with Crippen molar-refractivity contribution >= 4 is 11.8 Å². The zero-order valence-electron chi connectivity index (χ0n) is 8.35. The lowest BCUT2D eigenvalue weighted by Crippen LogP contribution is -2.64. The van der Waals surface area contributed by atoms with Gasteiger partial charge in [0.05, 0.1) is 0 Å². The Morgan fingerprint density at radius 1 is 1.47 bits per heavy atom. The molecule has 15 heavy (non-hydrogen) atoms. The van der Waals surface area contributed by atoms with Gasteiger partial charge >= 0.3 is 0 Å². The Morgan fingerprint density at radius 3 is 3.07 bits per heavy atom. The lowest BCUT2D eigenvalue weighted by Gasteiger charge is -2.45. The molecule has 2 heterocycles. The van der Waals surface area contributed by atoms with Crippen LogP contribution in [-0.4, -0.2) is 27.4 Å². The Kier molecular flexibility index (Phi) is 1.55. The van der Waals surface area contributed by atoms with E-state index in [1.54, 1.807) is 11.1 Å². The molecule has 2 unspecified atom stereocenters. The van der Waals surface area contributed by atoms with Crippen LogP contribution in [0.15, 0.2) is 12.3 Å². The monoisotopic (exact) mass is 207 g/mol. The number of rotatable bonds is 0. The highest BCUT2D eigenvalue weighted by Gasteiger charge is 2.59. The Labute approximate surface area is 87.5 Å². The van der Waals surface area contributed by atoms with E-state index in [9.17, 15) is 9.59 Å². The fraction of sp³-hybridized carbons (Fsp3) is 0.600. The molecule has 2 amide bonds. The van der Waals surface area contributed by atoms with E-state index in [0.717, 1.165) is 19.3 Å². The summed E-state index contributed by atoms with van der Waals surface area (Å²) in [7, 11) is 0. The van der Waals surface area contributed by atoms with Gasteiger partial charge in [-0.2, -0.15) is 0 Å². The number of carbonyl (C=O) groups is 2. The van der Waals surface area contributed by atoms with Crippen LogP contribution < -0.4 is 5.84 Å². The van der Waals surface area contributed by atoms with Crippen LogP contribution in [0, 0.1) is 5.92 Å². The van der Waals surface area contributed by atoms with Crippen LogP contribution in [0.1, 0.15) is 25.7 Å². The van der Waals surface area contributed by atoms with Crippen molar-refractivity contribution in [3.8, 4) is 0 Å². The van der Waals surface area contributed by atoms with Crippen LogP contribution in [-0.2, 0) is 9.59 Å². The molecule has 3 aliphatic rings. The molecule has 1 spiro atoms. The van der Waals surface area contributed by atoms with E-state index >= 15 is 0 Å². The molecule has 1 saturated carbocycles. The third-order valence-electron chi connectivity index (χ3n) is 3.88. The highest BCUT2D eigenvalue weighted by Crippen LogP contribution is 2.50. The molecule has 0 bridgehead atoms. The number of hydrogen-bond donors (Lipinski definition) is 1. The van der Waals surface area contributed by atoms with Crippen LogP contribution in [0.4, 0.5) is 0 Å². The summed E-state index contributed by atoms with van der Waals surface area (Å²) in [5.41, 5.74) is -0.539. The average molecular weight is 207 g/mol. The van der Waals surface area contributed by atoms with Gasteiger partial charge in [0.15, 0.2) is 0 Å². The van der Waals surface area contributed by atoms with Crippen molar-refractivity contribution in [2.75, 3.05) is 0 Å². The quantitative estimate of drug-likeness (QED) is 0.447. The van der Waals surface area contributed by atoms with Gasteiger partial charge < -0.3 is 0 Å². The molecular weight excluding hydrogens is 194 g/mol. The summed E-state index contributed by atoms with van der Waals surface area (Å²) in [6.07, 6.45) is 6.30. The smallest absolute Gasteiger partial charge is 0.264 e. The standard InChI is InChI=1S/C10H13N3O2/c11-13-8(14)3-5-12-9(15)6-7-2-1-4-10(7,12)13/h3,5,7H,1-2,4,6,11H2. The molecule has 0 aromatic heterocycles. The van der Waals surface area contributed by atoms with Gasteiger partial charge in [-0.15, -0.1) is 0 Å². The second-order valence-electron chi connectivity index (χ2n) is 4.46. The summed E-state index contributed by atoms with van der Waals surface area (Å²) in [6, 6.07) is 0. The third kappa shape index (κ3) is 0.866. The highest BCUT2D eigenvalue weighted by molar-refractivity contribution is 5.92. The van der Waals surface area contributed by atoms with Gasteiger partial charge in [-0.05, 0) is 19.3 Å². The normalized spacial score (nSPS) is 38.6. The largest absolute Gasteiger partial charge is 0.293 e. The summed E-state index contributed by atoms with van der Waals surface area (Å²) >= 11 is 0. The summed E-state index contributed by atoms with van der Waals surface area (Å²) in [6.45, 7) is 0. The van der Waals surface area contributed by atoms with Crippen molar-refractivity contribution in [1.82, 2.24) is 9.91 Å². The van der Waals surface area contributed by atoms with E-state index < -0.39 is 5.66 Å². The van der Waals surface area contributed by atoms with Crippen molar-refractivity contribution in [3.63, 3.8) is 0 Å². The maximum Gasteiger partial charge on any atom is 0.264 e. The Morgan fingerprint density at radius 2 is 2.27 bits per heavy atom. The summed E-state index contributed by atoms with van der Waals surface area (Å²) in [5.74, 6) is 5.93. The molecule has 2 fully saturated rings. The highest BCUT2D eigenvalue weighted by atomic mass is 16.2. The van der Waals surface area contributed by atoms with Gasteiger partial charge in [-0.3, -0.25) is 19.5 Å². The number of amides is 2.